The molecule has 0 radical (unpaired) electrons. The average Bonchev–Trinajstić information content (AvgIpc) is 3.01. The molecule has 0 unspecified atom stereocenters. The molecule has 0 N–H and O–H groups in total. The number of sulfonamides is 1. The summed E-state index contributed by atoms with van der Waals surface area (Å²) >= 11 is 6.18. The summed E-state index contributed by atoms with van der Waals surface area (Å²) in [5.74, 6) is 0.701. The highest BCUT2D eigenvalue weighted by atomic mass is 35.5. The van der Waals surface area contributed by atoms with Gasteiger partial charge in [0.05, 0.1) is 11.9 Å². The zero-order chi connectivity index (χ0) is 16.2. The van der Waals surface area contributed by atoms with Crippen molar-refractivity contribution in [3.63, 3.8) is 0 Å². The van der Waals surface area contributed by atoms with Gasteiger partial charge >= 0.3 is 0 Å². The van der Waals surface area contributed by atoms with Crippen molar-refractivity contribution in [3.05, 3.63) is 23.1 Å². The summed E-state index contributed by atoms with van der Waals surface area (Å²) in [7, 11) is -1.94. The Morgan fingerprint density at radius 1 is 1.26 bits per heavy atom. The lowest BCUT2D eigenvalue weighted by atomic mass is 9.83. The zero-order valence-electron chi connectivity index (χ0n) is 12.8. The molecule has 2 aromatic heterocycles. The number of aromatic nitrogens is 4. The highest BCUT2D eigenvalue weighted by Gasteiger charge is 2.37. The van der Waals surface area contributed by atoms with Gasteiger partial charge in [-0.05, 0) is 19.3 Å². The summed E-state index contributed by atoms with van der Waals surface area (Å²) in [6.45, 7) is 1.09. The van der Waals surface area contributed by atoms with Crippen molar-refractivity contribution >= 4 is 27.4 Å². The summed E-state index contributed by atoms with van der Waals surface area (Å²) in [5, 5.41) is 8.94. The van der Waals surface area contributed by atoms with E-state index >= 15 is 0 Å². The van der Waals surface area contributed by atoms with Crippen LogP contribution < -0.4 is 4.31 Å². The third-order valence-electron chi connectivity index (χ3n) is 4.62. The summed E-state index contributed by atoms with van der Waals surface area (Å²) in [5.41, 5.74) is 0.687. The van der Waals surface area contributed by atoms with Crippen molar-refractivity contribution in [1.29, 1.82) is 0 Å². The number of aryl methyl sites for hydroxylation is 2. The van der Waals surface area contributed by atoms with Gasteiger partial charge in [0, 0.05) is 32.3 Å². The molecule has 4 rings (SSSR count). The predicted octanol–water partition coefficient (Wildman–Crippen LogP) is 2.14. The first kappa shape index (κ1) is 15.0. The van der Waals surface area contributed by atoms with Gasteiger partial charge in [0.1, 0.15) is 9.92 Å². The fourth-order valence-corrected chi connectivity index (χ4v) is 5.32. The molecule has 0 saturated heterocycles. The van der Waals surface area contributed by atoms with Gasteiger partial charge < -0.3 is 0 Å². The molecule has 2 aliphatic rings. The lowest BCUT2D eigenvalue weighted by Crippen LogP contribution is -2.38. The average molecular weight is 356 g/mol. The highest BCUT2D eigenvalue weighted by molar-refractivity contribution is 7.92. The van der Waals surface area contributed by atoms with E-state index in [0.29, 0.717) is 40.9 Å². The summed E-state index contributed by atoms with van der Waals surface area (Å²) in [4.78, 5) is 0.301. The van der Waals surface area contributed by atoms with Crippen LogP contribution >= 0.6 is 11.6 Å². The van der Waals surface area contributed by atoms with E-state index in [1.807, 2.05) is 0 Å². The van der Waals surface area contributed by atoms with E-state index in [9.17, 15) is 8.42 Å². The second-order valence-electron chi connectivity index (χ2n) is 6.15. The Hall–Kier alpha value is -1.54. The van der Waals surface area contributed by atoms with E-state index in [-0.39, 0.29) is 5.92 Å². The van der Waals surface area contributed by atoms with Crippen molar-refractivity contribution in [2.45, 2.75) is 43.0 Å². The predicted molar refractivity (Wildman–Crippen MR) is 86.2 cm³/mol. The van der Waals surface area contributed by atoms with Crippen molar-refractivity contribution in [3.8, 4) is 0 Å². The van der Waals surface area contributed by atoms with Crippen molar-refractivity contribution in [1.82, 2.24) is 19.6 Å². The molecule has 1 aliphatic carbocycles. The Bertz CT molecular complexity index is 853. The van der Waals surface area contributed by atoms with Crippen LogP contribution in [0.25, 0.3) is 0 Å². The monoisotopic (exact) mass is 355 g/mol. The molecular formula is C14H18ClN5O2S. The fourth-order valence-electron chi connectivity index (χ4n) is 3.24. The van der Waals surface area contributed by atoms with Gasteiger partial charge in [-0.25, -0.2) is 17.4 Å². The molecule has 1 fully saturated rings. The molecule has 0 bridgehead atoms. The van der Waals surface area contributed by atoms with Crippen molar-refractivity contribution in [2.75, 3.05) is 10.8 Å². The molecule has 0 amide bonds. The van der Waals surface area contributed by atoms with Crippen LogP contribution in [-0.4, -0.2) is 34.5 Å². The van der Waals surface area contributed by atoms with E-state index in [4.69, 9.17) is 11.6 Å². The number of hydrogen-bond donors (Lipinski definition) is 0. The van der Waals surface area contributed by atoms with Crippen LogP contribution in [0.15, 0.2) is 17.3 Å². The summed E-state index contributed by atoms with van der Waals surface area (Å²) in [6.07, 6.45) is 6.94. The molecule has 0 spiro atoms. The highest BCUT2D eigenvalue weighted by Crippen LogP contribution is 2.40. The molecule has 7 nitrogen and oxygen atoms in total. The minimum absolute atomic E-state index is 0.242. The third-order valence-corrected chi connectivity index (χ3v) is 6.69. The van der Waals surface area contributed by atoms with E-state index in [2.05, 4.69) is 10.2 Å². The van der Waals surface area contributed by atoms with Crippen LogP contribution in [0.1, 0.15) is 37.3 Å². The third kappa shape index (κ3) is 2.27. The summed E-state index contributed by atoms with van der Waals surface area (Å²) in [6, 6.07) is 0. The Kier molecular flexibility index (Phi) is 3.42. The number of hydrogen-bond acceptors (Lipinski definition) is 4. The van der Waals surface area contributed by atoms with Gasteiger partial charge in [-0.2, -0.15) is 10.2 Å². The summed E-state index contributed by atoms with van der Waals surface area (Å²) < 4.78 is 31.1. The maximum Gasteiger partial charge on any atom is 0.268 e. The molecule has 124 valence electrons. The van der Waals surface area contributed by atoms with Crippen LogP contribution in [0.3, 0.4) is 0 Å². The maximum absolute atomic E-state index is 13.3. The molecule has 1 saturated carbocycles. The first-order valence-electron chi connectivity index (χ1n) is 7.76. The van der Waals surface area contributed by atoms with Crippen LogP contribution in [-0.2, 0) is 23.6 Å². The van der Waals surface area contributed by atoms with Gasteiger partial charge in [-0.3, -0.25) is 4.68 Å². The second kappa shape index (κ2) is 5.24. The largest absolute Gasteiger partial charge is 0.274 e. The minimum atomic E-state index is -3.69. The lowest BCUT2D eigenvalue weighted by molar-refractivity contribution is 0.402. The van der Waals surface area contributed by atoms with Crippen LogP contribution in [0.2, 0.25) is 5.02 Å². The van der Waals surface area contributed by atoms with Crippen LogP contribution in [0.5, 0.6) is 0 Å². The van der Waals surface area contributed by atoms with Gasteiger partial charge in [0.25, 0.3) is 10.0 Å². The normalized spacial score (nSPS) is 18.8. The molecule has 9 heteroatoms. The van der Waals surface area contributed by atoms with Gasteiger partial charge in [0.2, 0.25) is 0 Å². The standard InChI is InChI=1S/C14H18ClN5O2S/c1-18-9-12(13(17-18)10-4-2-5-10)23(21,22)20-7-3-6-19-14(20)11(15)8-16-19/h8-10H,2-7H2,1H3. The number of fused-ring (bicyclic) bond motifs is 1. The fraction of sp³-hybridized carbons (Fsp3) is 0.571. The molecule has 2 aromatic rings. The van der Waals surface area contributed by atoms with Gasteiger partial charge in [-0.15, -0.1) is 0 Å². The quantitative estimate of drug-likeness (QED) is 0.845. The molecule has 3 heterocycles. The lowest BCUT2D eigenvalue weighted by Gasteiger charge is -2.30. The Labute approximate surface area is 139 Å². The molecular weight excluding hydrogens is 338 g/mol. The Balaban J connectivity index is 1.82. The van der Waals surface area contributed by atoms with Gasteiger partial charge in [0.15, 0.2) is 5.82 Å². The smallest absolute Gasteiger partial charge is 0.268 e. The first-order chi connectivity index (χ1) is 11.0. The molecule has 23 heavy (non-hydrogen) atoms. The number of nitrogens with zero attached hydrogens (tertiary/aromatic N) is 5. The number of halogens is 1. The molecule has 0 aromatic carbocycles. The van der Waals surface area contributed by atoms with Crippen LogP contribution in [0, 0.1) is 0 Å². The van der Waals surface area contributed by atoms with E-state index in [1.54, 1.807) is 22.6 Å². The number of rotatable bonds is 3. The second-order valence-corrected chi connectivity index (χ2v) is 8.39. The SMILES string of the molecule is Cn1cc(S(=O)(=O)N2CCCn3ncc(Cl)c32)c(C2CCC2)n1. The minimum Gasteiger partial charge on any atom is -0.274 e. The van der Waals surface area contributed by atoms with E-state index < -0.39 is 10.0 Å². The van der Waals surface area contributed by atoms with Crippen molar-refractivity contribution in [2.24, 2.45) is 7.05 Å². The van der Waals surface area contributed by atoms with Gasteiger partial charge in [-0.1, -0.05) is 18.0 Å². The molecule has 0 atom stereocenters. The molecule has 1 aliphatic heterocycles. The Morgan fingerprint density at radius 3 is 2.74 bits per heavy atom. The number of anilines is 1. The topological polar surface area (TPSA) is 73.0 Å². The van der Waals surface area contributed by atoms with Crippen molar-refractivity contribution < 1.29 is 8.42 Å². The van der Waals surface area contributed by atoms with E-state index in [1.165, 1.54) is 10.5 Å². The zero-order valence-corrected chi connectivity index (χ0v) is 14.4. The van der Waals surface area contributed by atoms with E-state index in [0.717, 1.165) is 19.3 Å². The maximum atomic E-state index is 13.3. The first-order valence-corrected chi connectivity index (χ1v) is 9.58. The van der Waals surface area contributed by atoms with Crippen LogP contribution in [0.4, 0.5) is 5.82 Å². The Morgan fingerprint density at radius 2 is 2.04 bits per heavy atom.